The molecule has 0 heterocycles. The molecule has 0 saturated heterocycles. The summed E-state index contributed by atoms with van der Waals surface area (Å²) in [6.07, 6.45) is 2.72. The second-order valence-electron chi connectivity index (χ2n) is 6.50. The standard InChI is InChI=1S/C21H21FO4/c1-25-16-10-8-15(9-11-16)19(23)14-26-20(24)21(12-4-5-13-21)17-6-2-3-7-18(17)22/h2-3,6-11H,4-5,12-14H2,1H3. The average molecular weight is 356 g/mol. The van der Waals surface area contributed by atoms with Gasteiger partial charge in [-0.05, 0) is 43.2 Å². The van der Waals surface area contributed by atoms with Crippen molar-refractivity contribution in [1.29, 1.82) is 0 Å². The largest absolute Gasteiger partial charge is 0.497 e. The summed E-state index contributed by atoms with van der Waals surface area (Å²) in [5, 5.41) is 0. The predicted octanol–water partition coefficient (Wildman–Crippen LogP) is 4.07. The van der Waals surface area contributed by atoms with E-state index < -0.39 is 17.2 Å². The Morgan fingerprint density at radius 1 is 1.04 bits per heavy atom. The number of Topliss-reactive ketones (excluding diaryl/α,β-unsaturated/α-hetero) is 1. The van der Waals surface area contributed by atoms with Gasteiger partial charge >= 0.3 is 5.97 Å². The monoisotopic (exact) mass is 356 g/mol. The van der Waals surface area contributed by atoms with Crippen molar-refractivity contribution in [3.63, 3.8) is 0 Å². The van der Waals surface area contributed by atoms with Crippen LogP contribution in [0.25, 0.3) is 0 Å². The third kappa shape index (κ3) is 3.47. The van der Waals surface area contributed by atoms with E-state index in [1.165, 1.54) is 6.07 Å². The maximum Gasteiger partial charge on any atom is 0.317 e. The molecular formula is C21H21FO4. The van der Waals surface area contributed by atoms with Crippen molar-refractivity contribution in [2.45, 2.75) is 31.1 Å². The van der Waals surface area contributed by atoms with E-state index in [0.29, 0.717) is 29.7 Å². The van der Waals surface area contributed by atoms with Crippen LogP contribution in [0, 0.1) is 5.82 Å². The molecule has 0 bridgehead atoms. The molecule has 5 heteroatoms. The number of methoxy groups -OCH3 is 1. The highest BCUT2D eigenvalue weighted by molar-refractivity contribution is 5.98. The molecule has 0 unspecified atom stereocenters. The number of hydrogen-bond donors (Lipinski definition) is 0. The van der Waals surface area contributed by atoms with Gasteiger partial charge in [0, 0.05) is 11.1 Å². The zero-order valence-electron chi connectivity index (χ0n) is 14.7. The third-order valence-corrected chi connectivity index (χ3v) is 4.98. The number of esters is 1. The molecule has 1 fully saturated rings. The Morgan fingerprint density at radius 2 is 1.69 bits per heavy atom. The molecule has 1 aliphatic rings. The van der Waals surface area contributed by atoms with E-state index in [9.17, 15) is 14.0 Å². The van der Waals surface area contributed by atoms with Crippen LogP contribution in [0.15, 0.2) is 48.5 Å². The van der Waals surface area contributed by atoms with E-state index in [4.69, 9.17) is 9.47 Å². The molecule has 0 N–H and O–H groups in total. The minimum Gasteiger partial charge on any atom is -0.497 e. The van der Waals surface area contributed by atoms with Gasteiger partial charge in [-0.1, -0.05) is 31.0 Å². The van der Waals surface area contributed by atoms with Crippen LogP contribution < -0.4 is 4.74 Å². The molecule has 1 saturated carbocycles. The van der Waals surface area contributed by atoms with Crippen LogP contribution in [-0.2, 0) is 14.9 Å². The molecule has 2 aromatic carbocycles. The Morgan fingerprint density at radius 3 is 2.31 bits per heavy atom. The topological polar surface area (TPSA) is 52.6 Å². The Hall–Kier alpha value is -2.69. The molecule has 2 aromatic rings. The molecule has 0 aromatic heterocycles. The molecular weight excluding hydrogens is 335 g/mol. The van der Waals surface area contributed by atoms with Gasteiger partial charge in [0.05, 0.1) is 12.5 Å². The summed E-state index contributed by atoms with van der Waals surface area (Å²) in [6, 6.07) is 12.9. The first-order chi connectivity index (χ1) is 12.6. The van der Waals surface area contributed by atoms with Crippen molar-refractivity contribution in [3.8, 4) is 5.75 Å². The molecule has 0 radical (unpaired) electrons. The molecule has 4 nitrogen and oxygen atoms in total. The fourth-order valence-corrected chi connectivity index (χ4v) is 3.54. The van der Waals surface area contributed by atoms with Gasteiger partial charge in [0.25, 0.3) is 0 Å². The lowest BCUT2D eigenvalue weighted by Crippen LogP contribution is -2.36. The van der Waals surface area contributed by atoms with Crippen LogP contribution in [0.3, 0.4) is 0 Å². The van der Waals surface area contributed by atoms with Crippen LogP contribution in [0.1, 0.15) is 41.6 Å². The Balaban J connectivity index is 1.73. The summed E-state index contributed by atoms with van der Waals surface area (Å²) in [6.45, 7) is -0.360. The predicted molar refractivity (Wildman–Crippen MR) is 94.8 cm³/mol. The van der Waals surface area contributed by atoms with Crippen LogP contribution in [0.5, 0.6) is 5.75 Å². The van der Waals surface area contributed by atoms with Gasteiger partial charge in [0.2, 0.25) is 0 Å². The first-order valence-electron chi connectivity index (χ1n) is 8.66. The van der Waals surface area contributed by atoms with Crippen LogP contribution >= 0.6 is 0 Å². The number of ether oxygens (including phenoxy) is 2. The van der Waals surface area contributed by atoms with Crippen molar-refractivity contribution in [2.75, 3.05) is 13.7 Å². The zero-order valence-corrected chi connectivity index (χ0v) is 14.7. The molecule has 26 heavy (non-hydrogen) atoms. The average Bonchev–Trinajstić information content (AvgIpc) is 3.17. The highest BCUT2D eigenvalue weighted by atomic mass is 19.1. The Labute approximate surface area is 151 Å². The lowest BCUT2D eigenvalue weighted by atomic mass is 9.78. The molecule has 0 amide bonds. The summed E-state index contributed by atoms with van der Waals surface area (Å²) in [7, 11) is 1.54. The molecule has 0 atom stereocenters. The number of carbonyl (C=O) groups excluding carboxylic acids is 2. The normalized spacial score (nSPS) is 15.5. The summed E-state index contributed by atoms with van der Waals surface area (Å²) in [4.78, 5) is 25.1. The summed E-state index contributed by atoms with van der Waals surface area (Å²) < 4.78 is 24.7. The van der Waals surface area contributed by atoms with Crippen molar-refractivity contribution < 1.29 is 23.5 Å². The fraction of sp³-hybridized carbons (Fsp3) is 0.333. The molecule has 136 valence electrons. The van der Waals surface area contributed by atoms with E-state index in [1.54, 1.807) is 49.6 Å². The quantitative estimate of drug-likeness (QED) is 0.578. The van der Waals surface area contributed by atoms with Gasteiger partial charge in [-0.2, -0.15) is 0 Å². The number of benzene rings is 2. The lowest BCUT2D eigenvalue weighted by Gasteiger charge is -2.27. The summed E-state index contributed by atoms with van der Waals surface area (Å²) >= 11 is 0. The number of hydrogen-bond acceptors (Lipinski definition) is 4. The number of rotatable bonds is 6. The highest BCUT2D eigenvalue weighted by Gasteiger charge is 2.45. The van der Waals surface area contributed by atoms with E-state index >= 15 is 0 Å². The Bertz CT molecular complexity index is 792. The van der Waals surface area contributed by atoms with Crippen LogP contribution in [-0.4, -0.2) is 25.5 Å². The molecule has 0 aliphatic heterocycles. The third-order valence-electron chi connectivity index (χ3n) is 4.98. The minimum absolute atomic E-state index is 0.303. The van der Waals surface area contributed by atoms with Gasteiger partial charge in [-0.15, -0.1) is 0 Å². The van der Waals surface area contributed by atoms with Crippen molar-refractivity contribution in [1.82, 2.24) is 0 Å². The van der Waals surface area contributed by atoms with Gasteiger partial charge in [-0.25, -0.2) is 4.39 Å². The second-order valence-corrected chi connectivity index (χ2v) is 6.50. The highest BCUT2D eigenvalue weighted by Crippen LogP contribution is 2.43. The molecule has 3 rings (SSSR count). The zero-order chi connectivity index (χ0) is 18.6. The Kier molecular flexibility index (Phi) is 5.35. The molecule has 0 spiro atoms. The first kappa shape index (κ1) is 18.1. The minimum atomic E-state index is -0.995. The van der Waals surface area contributed by atoms with Gasteiger partial charge < -0.3 is 9.47 Å². The van der Waals surface area contributed by atoms with E-state index in [0.717, 1.165) is 12.8 Å². The number of halogens is 1. The first-order valence-corrected chi connectivity index (χ1v) is 8.66. The van der Waals surface area contributed by atoms with Crippen LogP contribution in [0.2, 0.25) is 0 Å². The van der Waals surface area contributed by atoms with Gasteiger partial charge in [0.15, 0.2) is 12.4 Å². The summed E-state index contributed by atoms with van der Waals surface area (Å²) in [5.74, 6) is -0.597. The van der Waals surface area contributed by atoms with Crippen LogP contribution in [0.4, 0.5) is 4.39 Å². The van der Waals surface area contributed by atoms with Crippen molar-refractivity contribution in [3.05, 3.63) is 65.5 Å². The maximum atomic E-state index is 14.3. The van der Waals surface area contributed by atoms with E-state index in [1.807, 2.05) is 0 Å². The van der Waals surface area contributed by atoms with Crippen molar-refractivity contribution >= 4 is 11.8 Å². The SMILES string of the molecule is COc1ccc(C(=O)COC(=O)C2(c3ccccc3F)CCCC2)cc1. The van der Waals surface area contributed by atoms with Gasteiger partial charge in [0.1, 0.15) is 11.6 Å². The smallest absolute Gasteiger partial charge is 0.317 e. The van der Waals surface area contributed by atoms with Gasteiger partial charge in [-0.3, -0.25) is 9.59 Å². The number of carbonyl (C=O) groups is 2. The maximum absolute atomic E-state index is 14.3. The second kappa shape index (κ2) is 7.68. The van der Waals surface area contributed by atoms with Crippen molar-refractivity contribution in [2.24, 2.45) is 0 Å². The fourth-order valence-electron chi connectivity index (χ4n) is 3.54. The summed E-state index contributed by atoms with van der Waals surface area (Å²) in [5.41, 5.74) is -0.199. The molecule has 1 aliphatic carbocycles. The van der Waals surface area contributed by atoms with E-state index in [-0.39, 0.29) is 12.4 Å². The lowest BCUT2D eigenvalue weighted by molar-refractivity contribution is -0.149. The van der Waals surface area contributed by atoms with E-state index in [2.05, 4.69) is 0 Å². The number of ketones is 1.